The number of hydrogen-bond acceptors (Lipinski definition) is 4. The van der Waals surface area contributed by atoms with Crippen LogP contribution in [0.4, 0.5) is 0 Å². The first-order valence-corrected chi connectivity index (χ1v) is 8.69. The van der Waals surface area contributed by atoms with Gasteiger partial charge < -0.3 is 14.5 Å². The lowest BCUT2D eigenvalue weighted by Gasteiger charge is -2.16. The molecule has 4 rings (SSSR count). The second-order valence-corrected chi connectivity index (χ2v) is 6.81. The molecule has 2 aliphatic rings. The third-order valence-corrected chi connectivity index (χ3v) is 5.30. The van der Waals surface area contributed by atoms with Crippen molar-refractivity contribution < 1.29 is 19.2 Å². The summed E-state index contributed by atoms with van der Waals surface area (Å²) in [6.45, 7) is 0.594. The number of benzene rings is 1. The van der Waals surface area contributed by atoms with Gasteiger partial charge >= 0.3 is 5.97 Å². The van der Waals surface area contributed by atoms with Crippen molar-refractivity contribution in [3.63, 3.8) is 0 Å². The van der Waals surface area contributed by atoms with E-state index >= 15 is 0 Å². The van der Waals surface area contributed by atoms with Crippen LogP contribution in [0.15, 0.2) is 34.9 Å². The summed E-state index contributed by atoms with van der Waals surface area (Å²) in [6, 6.07) is 9.54. The molecule has 0 spiro atoms. The summed E-state index contributed by atoms with van der Waals surface area (Å²) in [7, 11) is 0. The molecule has 1 saturated heterocycles. The zero-order valence-electron chi connectivity index (χ0n) is 13.9. The summed E-state index contributed by atoms with van der Waals surface area (Å²) >= 11 is 0. The van der Waals surface area contributed by atoms with Crippen LogP contribution in [0.25, 0.3) is 0 Å². The number of carbonyl (C=O) groups is 2. The fraction of sp³-hybridized carbons (Fsp3) is 0.421. The molecule has 2 atom stereocenters. The molecule has 0 radical (unpaired) electrons. The highest BCUT2D eigenvalue weighted by Gasteiger charge is 2.42. The van der Waals surface area contributed by atoms with Gasteiger partial charge in [0, 0.05) is 31.0 Å². The third kappa shape index (κ3) is 2.81. The van der Waals surface area contributed by atoms with Gasteiger partial charge in [0.05, 0.1) is 5.92 Å². The summed E-state index contributed by atoms with van der Waals surface area (Å²) in [5.41, 5.74) is 2.23. The number of carboxylic acids is 1. The first kappa shape index (κ1) is 15.9. The largest absolute Gasteiger partial charge is 0.481 e. The van der Waals surface area contributed by atoms with Gasteiger partial charge in [0.25, 0.3) is 5.91 Å². The first-order valence-electron chi connectivity index (χ1n) is 8.69. The summed E-state index contributed by atoms with van der Waals surface area (Å²) < 4.78 is 5.34. The van der Waals surface area contributed by atoms with Gasteiger partial charge in [-0.3, -0.25) is 9.59 Å². The fourth-order valence-electron chi connectivity index (χ4n) is 3.96. The van der Waals surface area contributed by atoms with Crippen molar-refractivity contribution in [2.45, 2.75) is 31.6 Å². The van der Waals surface area contributed by atoms with Crippen LogP contribution in [0.5, 0.6) is 0 Å². The first-order chi connectivity index (χ1) is 12.1. The molecule has 25 heavy (non-hydrogen) atoms. The zero-order chi connectivity index (χ0) is 17.4. The van der Waals surface area contributed by atoms with E-state index in [0.29, 0.717) is 12.2 Å². The molecule has 1 fully saturated rings. The Morgan fingerprint density at radius 3 is 2.64 bits per heavy atom. The van der Waals surface area contributed by atoms with E-state index in [4.69, 9.17) is 4.52 Å². The number of hydrogen-bond donors (Lipinski definition) is 1. The number of carboxylic acid groups (broad SMARTS) is 1. The van der Waals surface area contributed by atoms with Crippen molar-refractivity contribution >= 4 is 11.9 Å². The number of aliphatic carboxylic acids is 1. The van der Waals surface area contributed by atoms with Gasteiger partial charge in [-0.2, -0.15) is 0 Å². The molecular weight excluding hydrogens is 320 g/mol. The molecule has 2 heterocycles. The maximum Gasteiger partial charge on any atom is 0.308 e. The van der Waals surface area contributed by atoms with E-state index in [9.17, 15) is 14.7 Å². The summed E-state index contributed by atoms with van der Waals surface area (Å²) in [5.74, 6) is -1.08. The maximum atomic E-state index is 12.9. The summed E-state index contributed by atoms with van der Waals surface area (Å²) in [4.78, 5) is 26.3. The number of carbonyl (C=O) groups excluding carboxylic acids is 1. The minimum absolute atomic E-state index is 0.203. The van der Waals surface area contributed by atoms with Crippen molar-refractivity contribution in [1.29, 1.82) is 0 Å². The second-order valence-electron chi connectivity index (χ2n) is 6.81. The van der Waals surface area contributed by atoms with Crippen molar-refractivity contribution in [3.05, 3.63) is 52.9 Å². The van der Waals surface area contributed by atoms with Gasteiger partial charge in [-0.1, -0.05) is 35.5 Å². The molecular formula is C19H20N2O4. The summed E-state index contributed by atoms with van der Waals surface area (Å²) in [5, 5.41) is 13.6. The molecule has 130 valence electrons. The smallest absolute Gasteiger partial charge is 0.308 e. The van der Waals surface area contributed by atoms with Crippen LogP contribution in [0, 0.1) is 5.92 Å². The van der Waals surface area contributed by atoms with Gasteiger partial charge in [-0.25, -0.2) is 0 Å². The number of fused-ring (bicyclic) bond motifs is 1. The van der Waals surface area contributed by atoms with Crippen LogP contribution >= 0.6 is 0 Å². The molecule has 1 aromatic heterocycles. The van der Waals surface area contributed by atoms with E-state index in [1.807, 2.05) is 30.3 Å². The van der Waals surface area contributed by atoms with Crippen molar-refractivity contribution in [2.24, 2.45) is 5.92 Å². The Balaban J connectivity index is 1.60. The SMILES string of the molecule is O=C(O)[C@@H]1CN(C(=O)c2noc3c2CCCC3)C[C@@H]1c1ccccc1. The molecule has 1 aromatic carbocycles. The Kier molecular flexibility index (Phi) is 4.03. The molecule has 2 aromatic rings. The van der Waals surface area contributed by atoms with Crippen LogP contribution in [-0.2, 0) is 17.6 Å². The van der Waals surface area contributed by atoms with Crippen LogP contribution < -0.4 is 0 Å². The lowest BCUT2D eigenvalue weighted by atomic mass is 9.89. The number of likely N-dealkylation sites (tertiary alicyclic amines) is 1. The van der Waals surface area contributed by atoms with Gasteiger partial charge in [-0.05, 0) is 24.8 Å². The highest BCUT2D eigenvalue weighted by molar-refractivity contribution is 5.94. The maximum absolute atomic E-state index is 12.9. The molecule has 1 aliphatic heterocycles. The highest BCUT2D eigenvalue weighted by Crippen LogP contribution is 2.34. The Hall–Kier alpha value is -2.63. The monoisotopic (exact) mass is 340 g/mol. The topological polar surface area (TPSA) is 83.6 Å². The number of nitrogens with zero attached hydrogens (tertiary/aromatic N) is 2. The van der Waals surface area contributed by atoms with E-state index in [1.54, 1.807) is 4.90 Å². The quantitative estimate of drug-likeness (QED) is 0.928. The predicted molar refractivity (Wildman–Crippen MR) is 89.4 cm³/mol. The van der Waals surface area contributed by atoms with Gasteiger partial charge in [-0.15, -0.1) is 0 Å². The Morgan fingerprint density at radius 2 is 1.88 bits per heavy atom. The Bertz CT molecular complexity index is 799. The third-order valence-electron chi connectivity index (χ3n) is 5.30. The van der Waals surface area contributed by atoms with Crippen LogP contribution in [0.2, 0.25) is 0 Å². The normalized spacial score (nSPS) is 22.6. The van der Waals surface area contributed by atoms with Crippen molar-refractivity contribution in [2.75, 3.05) is 13.1 Å². The molecule has 6 heteroatoms. The Labute approximate surface area is 145 Å². The lowest BCUT2D eigenvalue weighted by molar-refractivity contribution is -0.141. The zero-order valence-corrected chi connectivity index (χ0v) is 13.9. The average Bonchev–Trinajstić information content (AvgIpc) is 3.27. The molecule has 1 aliphatic carbocycles. The molecule has 0 bridgehead atoms. The second kappa shape index (κ2) is 6.35. The summed E-state index contributed by atoms with van der Waals surface area (Å²) in [6.07, 6.45) is 3.70. The standard InChI is InChI=1S/C19H20N2O4/c22-18(17-13-8-4-5-9-16(13)25-20-17)21-10-14(15(11-21)19(23)24)12-6-2-1-3-7-12/h1-3,6-7,14-15H,4-5,8-11H2,(H,23,24)/t14-,15-/m1/s1. The minimum atomic E-state index is -0.869. The number of aromatic nitrogens is 1. The van der Waals surface area contributed by atoms with Gasteiger partial charge in [0.1, 0.15) is 5.76 Å². The predicted octanol–water partition coefficient (Wildman–Crippen LogP) is 2.49. The van der Waals surface area contributed by atoms with Crippen LogP contribution in [0.3, 0.4) is 0 Å². The fourth-order valence-corrected chi connectivity index (χ4v) is 3.96. The van der Waals surface area contributed by atoms with E-state index in [0.717, 1.165) is 42.6 Å². The van der Waals surface area contributed by atoms with E-state index < -0.39 is 11.9 Å². The molecule has 0 unspecified atom stereocenters. The van der Waals surface area contributed by atoms with Crippen LogP contribution in [-0.4, -0.2) is 40.1 Å². The molecule has 6 nitrogen and oxygen atoms in total. The molecule has 1 N–H and O–H groups in total. The van der Waals surface area contributed by atoms with Gasteiger partial charge in [0.15, 0.2) is 5.69 Å². The average molecular weight is 340 g/mol. The number of amides is 1. The Morgan fingerprint density at radius 1 is 1.12 bits per heavy atom. The van der Waals surface area contributed by atoms with Crippen molar-refractivity contribution in [1.82, 2.24) is 10.1 Å². The minimum Gasteiger partial charge on any atom is -0.481 e. The van der Waals surface area contributed by atoms with Crippen molar-refractivity contribution in [3.8, 4) is 0 Å². The van der Waals surface area contributed by atoms with E-state index in [2.05, 4.69) is 5.16 Å². The number of aryl methyl sites for hydroxylation is 1. The lowest BCUT2D eigenvalue weighted by Crippen LogP contribution is -2.31. The highest BCUT2D eigenvalue weighted by atomic mass is 16.5. The van der Waals surface area contributed by atoms with E-state index in [1.165, 1.54) is 0 Å². The molecule has 1 amide bonds. The number of rotatable bonds is 3. The van der Waals surface area contributed by atoms with E-state index in [-0.39, 0.29) is 18.4 Å². The van der Waals surface area contributed by atoms with Gasteiger partial charge in [0.2, 0.25) is 0 Å². The van der Waals surface area contributed by atoms with Crippen LogP contribution in [0.1, 0.15) is 46.1 Å². The molecule has 0 saturated carbocycles.